The Bertz CT molecular complexity index is 1710. The van der Waals surface area contributed by atoms with E-state index in [0.717, 1.165) is 135 Å². The summed E-state index contributed by atoms with van der Waals surface area (Å²) >= 11 is 0. The van der Waals surface area contributed by atoms with E-state index in [1.165, 1.54) is 57.8 Å². The van der Waals surface area contributed by atoms with Gasteiger partial charge in [-0.2, -0.15) is 0 Å². The van der Waals surface area contributed by atoms with Gasteiger partial charge in [-0.1, -0.05) is 256 Å². The molecule has 0 aliphatic heterocycles. The predicted molar refractivity (Wildman–Crippen MR) is 325 cm³/mol. The summed E-state index contributed by atoms with van der Waals surface area (Å²) in [6, 6.07) is 0. The Morgan fingerprint density at radius 3 is 0.867 bits per heavy atom. The van der Waals surface area contributed by atoms with Crippen LogP contribution in [0.3, 0.4) is 0 Å². The summed E-state index contributed by atoms with van der Waals surface area (Å²) in [6.07, 6.45) is 89.8. The normalized spacial score (nSPS) is 13.3. The molecular weight excluding hydrogens is 925 g/mol. The van der Waals surface area contributed by atoms with Crippen molar-refractivity contribution < 1.29 is 28.6 Å². The Labute approximate surface area is 460 Å². The molecule has 0 rings (SSSR count). The van der Waals surface area contributed by atoms with Crippen LogP contribution in [0.1, 0.15) is 239 Å². The summed E-state index contributed by atoms with van der Waals surface area (Å²) in [7, 11) is 0. The number of carbonyl (C=O) groups excluding carboxylic acids is 3. The SMILES string of the molecule is CC/C=C\C/C=C\C/C=C\C/C=C\C/C=C\C/C=C\C/C=C\C/C=C\C/C=C\CCCC(=O)OCC(COC(=O)CCCCCCCCC)OC(=O)CCCCCCCCCC/C=C\C/C=C\C/C=C\C/C=C\CC. The molecule has 75 heavy (non-hydrogen) atoms. The van der Waals surface area contributed by atoms with Crippen LogP contribution in [-0.4, -0.2) is 37.2 Å². The molecule has 0 heterocycles. The Morgan fingerprint density at radius 2 is 0.533 bits per heavy atom. The molecule has 0 aliphatic carbocycles. The van der Waals surface area contributed by atoms with Gasteiger partial charge < -0.3 is 14.2 Å². The summed E-state index contributed by atoms with van der Waals surface area (Å²) in [4.78, 5) is 38.0. The number of unbranched alkanes of at least 4 members (excludes halogenated alkanes) is 15. The molecule has 0 saturated carbocycles. The third kappa shape index (κ3) is 59.8. The monoisotopic (exact) mass is 1030 g/mol. The highest BCUT2D eigenvalue weighted by Gasteiger charge is 2.19. The molecule has 0 N–H and O–H groups in total. The van der Waals surface area contributed by atoms with Crippen LogP contribution in [-0.2, 0) is 28.6 Å². The maximum Gasteiger partial charge on any atom is 0.306 e. The smallest absolute Gasteiger partial charge is 0.306 e. The lowest BCUT2D eigenvalue weighted by Crippen LogP contribution is -2.30. The zero-order valence-corrected chi connectivity index (χ0v) is 48.0. The van der Waals surface area contributed by atoms with Crippen molar-refractivity contribution in [1.29, 1.82) is 0 Å². The van der Waals surface area contributed by atoms with Crippen LogP contribution in [0.5, 0.6) is 0 Å². The van der Waals surface area contributed by atoms with Gasteiger partial charge in [0.05, 0.1) is 0 Å². The maximum absolute atomic E-state index is 12.8. The lowest BCUT2D eigenvalue weighted by atomic mass is 10.1. The number of hydrogen-bond acceptors (Lipinski definition) is 6. The van der Waals surface area contributed by atoms with E-state index >= 15 is 0 Å². The average Bonchev–Trinajstić information content (AvgIpc) is 3.41. The van der Waals surface area contributed by atoms with Gasteiger partial charge in [-0.15, -0.1) is 0 Å². The molecule has 6 heteroatoms. The van der Waals surface area contributed by atoms with Crippen molar-refractivity contribution in [3.63, 3.8) is 0 Å². The molecular formula is C69H108O6. The highest BCUT2D eigenvalue weighted by atomic mass is 16.6. The molecule has 0 fully saturated rings. The largest absolute Gasteiger partial charge is 0.462 e. The van der Waals surface area contributed by atoms with E-state index in [-0.39, 0.29) is 37.5 Å². The Morgan fingerprint density at radius 1 is 0.280 bits per heavy atom. The van der Waals surface area contributed by atoms with Gasteiger partial charge in [-0.25, -0.2) is 0 Å². The molecule has 0 spiro atoms. The predicted octanol–water partition coefficient (Wildman–Crippen LogP) is 20.5. The zero-order valence-electron chi connectivity index (χ0n) is 48.0. The van der Waals surface area contributed by atoms with Crippen LogP contribution in [0.4, 0.5) is 0 Å². The van der Waals surface area contributed by atoms with Crippen molar-refractivity contribution >= 4 is 17.9 Å². The summed E-state index contributed by atoms with van der Waals surface area (Å²) in [5.41, 5.74) is 0. The number of hydrogen-bond donors (Lipinski definition) is 0. The maximum atomic E-state index is 12.8. The van der Waals surface area contributed by atoms with Gasteiger partial charge in [0.15, 0.2) is 6.10 Å². The third-order valence-electron chi connectivity index (χ3n) is 12.0. The van der Waals surface area contributed by atoms with Gasteiger partial charge in [-0.3, -0.25) is 14.4 Å². The highest BCUT2D eigenvalue weighted by molar-refractivity contribution is 5.71. The first-order chi connectivity index (χ1) is 37.0. The summed E-state index contributed by atoms with van der Waals surface area (Å²) in [5, 5.41) is 0. The van der Waals surface area contributed by atoms with E-state index in [1.54, 1.807) is 0 Å². The second-order valence-electron chi connectivity index (χ2n) is 19.1. The molecule has 420 valence electrons. The van der Waals surface area contributed by atoms with E-state index in [2.05, 4.69) is 179 Å². The van der Waals surface area contributed by atoms with E-state index < -0.39 is 6.10 Å². The number of ether oxygens (including phenoxy) is 3. The lowest BCUT2D eigenvalue weighted by molar-refractivity contribution is -0.167. The Balaban J connectivity index is 4.33. The molecule has 0 radical (unpaired) electrons. The van der Waals surface area contributed by atoms with Gasteiger partial charge in [0, 0.05) is 19.3 Å². The van der Waals surface area contributed by atoms with E-state index in [0.29, 0.717) is 19.3 Å². The first-order valence-electron chi connectivity index (χ1n) is 30.0. The van der Waals surface area contributed by atoms with Crippen molar-refractivity contribution in [2.75, 3.05) is 13.2 Å². The number of esters is 3. The minimum atomic E-state index is -0.811. The fraction of sp³-hybridized carbons (Fsp3) is 0.580. The van der Waals surface area contributed by atoms with Gasteiger partial charge in [0.2, 0.25) is 0 Å². The molecule has 0 aliphatic rings. The second-order valence-corrected chi connectivity index (χ2v) is 19.1. The van der Waals surface area contributed by atoms with Crippen LogP contribution in [0.2, 0.25) is 0 Å². The van der Waals surface area contributed by atoms with Crippen LogP contribution in [0.15, 0.2) is 158 Å². The molecule has 1 unspecified atom stereocenters. The van der Waals surface area contributed by atoms with Crippen LogP contribution in [0.25, 0.3) is 0 Å². The van der Waals surface area contributed by atoms with Crippen LogP contribution >= 0.6 is 0 Å². The molecule has 0 aromatic carbocycles. The molecule has 0 amide bonds. The average molecular weight is 1030 g/mol. The van der Waals surface area contributed by atoms with Crippen molar-refractivity contribution in [3.05, 3.63) is 158 Å². The number of allylic oxidation sites excluding steroid dienone is 26. The highest BCUT2D eigenvalue weighted by Crippen LogP contribution is 2.14. The van der Waals surface area contributed by atoms with E-state index in [9.17, 15) is 14.4 Å². The summed E-state index contributed by atoms with van der Waals surface area (Å²) < 4.78 is 16.7. The lowest BCUT2D eigenvalue weighted by Gasteiger charge is -2.18. The first kappa shape index (κ1) is 70.0. The summed E-state index contributed by atoms with van der Waals surface area (Å²) in [5.74, 6) is -0.990. The molecule has 0 aromatic heterocycles. The molecule has 0 aromatic rings. The van der Waals surface area contributed by atoms with Gasteiger partial charge in [0.25, 0.3) is 0 Å². The van der Waals surface area contributed by atoms with Gasteiger partial charge in [-0.05, 0) is 122 Å². The van der Waals surface area contributed by atoms with Crippen molar-refractivity contribution in [2.45, 2.75) is 245 Å². The zero-order chi connectivity index (χ0) is 54.3. The fourth-order valence-corrected chi connectivity index (χ4v) is 7.61. The van der Waals surface area contributed by atoms with Crippen LogP contribution < -0.4 is 0 Å². The molecule has 6 nitrogen and oxygen atoms in total. The quantitative estimate of drug-likeness (QED) is 0.0261. The van der Waals surface area contributed by atoms with Crippen molar-refractivity contribution in [2.24, 2.45) is 0 Å². The minimum absolute atomic E-state index is 0.105. The Kier molecular flexibility index (Phi) is 57.5. The van der Waals surface area contributed by atoms with Crippen molar-refractivity contribution in [3.8, 4) is 0 Å². The third-order valence-corrected chi connectivity index (χ3v) is 12.0. The minimum Gasteiger partial charge on any atom is -0.462 e. The Hall–Kier alpha value is -4.97. The fourth-order valence-electron chi connectivity index (χ4n) is 7.61. The molecule has 0 bridgehead atoms. The molecule has 0 saturated heterocycles. The van der Waals surface area contributed by atoms with Crippen LogP contribution in [0, 0.1) is 0 Å². The topological polar surface area (TPSA) is 78.9 Å². The summed E-state index contributed by atoms with van der Waals surface area (Å²) in [6.45, 7) is 6.30. The van der Waals surface area contributed by atoms with Crippen molar-refractivity contribution in [1.82, 2.24) is 0 Å². The standard InChI is InChI=1S/C69H108O6/c1-4-7-10-13-16-18-20-22-24-26-28-30-31-32-33-34-35-36-37-39-40-42-44-46-48-50-53-56-59-62-68(71)74-65-66(64-73-67(70)61-58-55-52-15-12-9-6-3)75-69(72)63-60-57-54-51-49-47-45-43-41-38-29-27-25-23-21-19-17-14-11-8-5-2/h7-8,10-11,16-19,22-25,28-30,32-33,35-36,38-40,44,46,50,53,66H,4-6,9,12-15,20-21,26-27,31,34,37,41-43,45,47-49,51-52,54-65H2,1-3H3/b10-7-,11-8-,18-16-,19-17-,24-22-,25-23-,30-28-,33-32-,36-35-,38-29-,40-39-,46-44-,53-50-. The molecule has 1 atom stereocenters. The number of rotatable bonds is 52. The van der Waals surface area contributed by atoms with E-state index in [4.69, 9.17) is 14.2 Å². The van der Waals surface area contributed by atoms with Gasteiger partial charge in [0.1, 0.15) is 13.2 Å². The van der Waals surface area contributed by atoms with E-state index in [1.807, 2.05) is 0 Å². The van der Waals surface area contributed by atoms with Gasteiger partial charge >= 0.3 is 17.9 Å². The first-order valence-corrected chi connectivity index (χ1v) is 30.0. The second kappa shape index (κ2) is 61.6. The number of carbonyl (C=O) groups is 3.